The molecule has 1 aliphatic heterocycles. The number of nitrogens with two attached hydrogens (primary N) is 1. The molecule has 4 aromatic rings. The standard InChI is InChI=1S/C22H21FN6/c1-12-2-5-16-17(8-12)21-26-25-20(13-3-4-13)29(21)27-22(16)28-7-6-14-10-19(24)18(23)9-15(14)11-28/h2,5,8-10,13H,3-4,6-7,11,24H2,1H3. The highest BCUT2D eigenvalue weighted by Gasteiger charge is 2.31. The lowest BCUT2D eigenvalue weighted by Crippen LogP contribution is -2.32. The van der Waals surface area contributed by atoms with Crippen LogP contribution in [0.4, 0.5) is 15.9 Å². The van der Waals surface area contributed by atoms with Gasteiger partial charge in [-0.15, -0.1) is 15.3 Å². The second-order valence-electron chi connectivity index (χ2n) is 8.25. The fourth-order valence-electron chi connectivity index (χ4n) is 4.35. The summed E-state index contributed by atoms with van der Waals surface area (Å²) in [5.41, 5.74) is 10.0. The van der Waals surface area contributed by atoms with Crippen LogP contribution >= 0.6 is 0 Å². The van der Waals surface area contributed by atoms with E-state index in [4.69, 9.17) is 10.8 Å². The molecule has 2 aromatic carbocycles. The van der Waals surface area contributed by atoms with Crippen molar-refractivity contribution >= 4 is 27.9 Å². The zero-order valence-electron chi connectivity index (χ0n) is 16.2. The SMILES string of the molecule is Cc1ccc2c(N3CCc4cc(N)c(F)cc4C3)nn3c(C4CC4)nnc3c2c1. The summed E-state index contributed by atoms with van der Waals surface area (Å²) in [5.74, 6) is 1.94. The molecule has 146 valence electrons. The second-order valence-corrected chi connectivity index (χ2v) is 8.25. The van der Waals surface area contributed by atoms with Crippen LogP contribution in [-0.4, -0.2) is 26.4 Å². The summed E-state index contributed by atoms with van der Waals surface area (Å²) >= 11 is 0. The van der Waals surface area contributed by atoms with Gasteiger partial charge in [0.1, 0.15) is 5.82 Å². The van der Waals surface area contributed by atoms with Gasteiger partial charge < -0.3 is 10.6 Å². The molecular weight excluding hydrogens is 367 g/mol. The van der Waals surface area contributed by atoms with Crippen molar-refractivity contribution in [2.24, 2.45) is 0 Å². The molecule has 0 atom stereocenters. The van der Waals surface area contributed by atoms with E-state index in [2.05, 4.69) is 40.2 Å². The highest BCUT2D eigenvalue weighted by Crippen LogP contribution is 2.40. The fourth-order valence-corrected chi connectivity index (χ4v) is 4.35. The Hall–Kier alpha value is -3.22. The molecule has 29 heavy (non-hydrogen) atoms. The number of aromatic nitrogens is 4. The summed E-state index contributed by atoms with van der Waals surface area (Å²) in [5, 5.41) is 16.0. The minimum absolute atomic E-state index is 0.219. The topological polar surface area (TPSA) is 72.3 Å². The fraction of sp³-hybridized carbons (Fsp3) is 0.318. The number of halogens is 1. The predicted octanol–water partition coefficient (Wildman–Crippen LogP) is 3.75. The largest absolute Gasteiger partial charge is 0.396 e. The quantitative estimate of drug-likeness (QED) is 0.530. The van der Waals surface area contributed by atoms with Crippen LogP contribution < -0.4 is 10.6 Å². The summed E-state index contributed by atoms with van der Waals surface area (Å²) in [6, 6.07) is 9.69. The number of anilines is 2. The molecule has 2 aromatic heterocycles. The summed E-state index contributed by atoms with van der Waals surface area (Å²) < 4.78 is 16.0. The Bertz CT molecular complexity index is 1290. The van der Waals surface area contributed by atoms with E-state index in [-0.39, 0.29) is 11.5 Å². The van der Waals surface area contributed by atoms with Gasteiger partial charge in [-0.25, -0.2) is 4.39 Å². The number of nitrogens with zero attached hydrogens (tertiary/aromatic N) is 5. The molecule has 0 amide bonds. The van der Waals surface area contributed by atoms with Crippen LogP contribution in [0.25, 0.3) is 16.4 Å². The zero-order chi connectivity index (χ0) is 19.7. The van der Waals surface area contributed by atoms with Crippen LogP contribution in [0.2, 0.25) is 0 Å². The molecule has 1 aliphatic carbocycles. The first-order chi connectivity index (χ1) is 14.1. The molecular formula is C22H21FN6. The summed E-state index contributed by atoms with van der Waals surface area (Å²) in [7, 11) is 0. The third kappa shape index (κ3) is 2.57. The Morgan fingerprint density at radius 2 is 1.93 bits per heavy atom. The lowest BCUT2D eigenvalue weighted by Gasteiger charge is -2.31. The molecule has 2 N–H and O–H groups in total. The van der Waals surface area contributed by atoms with Gasteiger partial charge in [-0.1, -0.05) is 17.7 Å². The number of rotatable bonds is 2. The van der Waals surface area contributed by atoms with Gasteiger partial charge in [-0.2, -0.15) is 4.52 Å². The maximum Gasteiger partial charge on any atom is 0.185 e. The number of benzene rings is 2. The van der Waals surface area contributed by atoms with Gasteiger partial charge in [-0.05, 0) is 55.5 Å². The average Bonchev–Trinajstić information content (AvgIpc) is 3.46. The molecule has 6 nitrogen and oxygen atoms in total. The van der Waals surface area contributed by atoms with Gasteiger partial charge in [0.15, 0.2) is 17.3 Å². The molecule has 0 spiro atoms. The van der Waals surface area contributed by atoms with E-state index in [9.17, 15) is 4.39 Å². The Morgan fingerprint density at radius 3 is 2.76 bits per heavy atom. The van der Waals surface area contributed by atoms with Gasteiger partial charge >= 0.3 is 0 Å². The van der Waals surface area contributed by atoms with E-state index >= 15 is 0 Å². The first-order valence-corrected chi connectivity index (χ1v) is 10.1. The molecule has 1 saturated carbocycles. The summed E-state index contributed by atoms with van der Waals surface area (Å²) in [4.78, 5) is 2.23. The van der Waals surface area contributed by atoms with Crippen LogP contribution in [0.15, 0.2) is 30.3 Å². The molecule has 6 rings (SSSR count). The number of aryl methyl sites for hydroxylation is 1. The van der Waals surface area contributed by atoms with Crippen molar-refractivity contribution < 1.29 is 4.39 Å². The molecule has 0 radical (unpaired) electrons. The highest BCUT2D eigenvalue weighted by atomic mass is 19.1. The van der Waals surface area contributed by atoms with Crippen molar-refractivity contribution in [3.63, 3.8) is 0 Å². The van der Waals surface area contributed by atoms with Crippen molar-refractivity contribution in [2.75, 3.05) is 17.2 Å². The first-order valence-electron chi connectivity index (χ1n) is 10.1. The Kier molecular flexibility index (Phi) is 3.39. The Labute approximate surface area is 167 Å². The van der Waals surface area contributed by atoms with Crippen LogP contribution in [0.5, 0.6) is 0 Å². The Balaban J connectivity index is 1.54. The predicted molar refractivity (Wildman–Crippen MR) is 111 cm³/mol. The Morgan fingerprint density at radius 1 is 1.07 bits per heavy atom. The van der Waals surface area contributed by atoms with E-state index in [1.165, 1.54) is 5.56 Å². The number of fused-ring (bicyclic) bond motifs is 4. The van der Waals surface area contributed by atoms with E-state index in [1.54, 1.807) is 12.1 Å². The smallest absolute Gasteiger partial charge is 0.185 e. The van der Waals surface area contributed by atoms with Crippen molar-refractivity contribution in [3.05, 3.63) is 58.7 Å². The molecule has 1 fully saturated rings. The normalized spacial score (nSPS) is 16.6. The first kappa shape index (κ1) is 16.7. The molecule has 2 aliphatic rings. The van der Waals surface area contributed by atoms with E-state index < -0.39 is 0 Å². The van der Waals surface area contributed by atoms with E-state index in [0.29, 0.717) is 12.5 Å². The van der Waals surface area contributed by atoms with E-state index in [1.807, 2.05) is 4.52 Å². The molecule has 0 bridgehead atoms. The number of hydrogen-bond acceptors (Lipinski definition) is 5. The van der Waals surface area contributed by atoms with Gasteiger partial charge in [0.05, 0.1) is 5.69 Å². The van der Waals surface area contributed by atoms with Gasteiger partial charge in [0, 0.05) is 29.8 Å². The third-order valence-electron chi connectivity index (χ3n) is 6.09. The number of hydrogen-bond donors (Lipinski definition) is 1. The lowest BCUT2D eigenvalue weighted by molar-refractivity contribution is 0.622. The van der Waals surface area contributed by atoms with Crippen LogP contribution in [0.1, 0.15) is 41.3 Å². The zero-order valence-corrected chi connectivity index (χ0v) is 16.2. The van der Waals surface area contributed by atoms with Crippen molar-refractivity contribution in [1.29, 1.82) is 0 Å². The molecule has 0 unspecified atom stereocenters. The van der Waals surface area contributed by atoms with Crippen LogP contribution in [0.3, 0.4) is 0 Å². The maximum absolute atomic E-state index is 14.1. The van der Waals surface area contributed by atoms with Crippen LogP contribution in [0, 0.1) is 12.7 Å². The van der Waals surface area contributed by atoms with Crippen molar-refractivity contribution in [2.45, 2.75) is 38.6 Å². The summed E-state index contributed by atoms with van der Waals surface area (Å²) in [6.45, 7) is 3.49. The highest BCUT2D eigenvalue weighted by molar-refractivity contribution is 6.00. The van der Waals surface area contributed by atoms with Crippen molar-refractivity contribution in [3.8, 4) is 0 Å². The minimum Gasteiger partial charge on any atom is -0.396 e. The monoisotopic (exact) mass is 388 g/mol. The molecule has 0 saturated heterocycles. The third-order valence-corrected chi connectivity index (χ3v) is 6.09. The average molecular weight is 388 g/mol. The van der Waals surface area contributed by atoms with Crippen LogP contribution in [-0.2, 0) is 13.0 Å². The van der Waals surface area contributed by atoms with Crippen molar-refractivity contribution in [1.82, 2.24) is 19.8 Å². The molecule has 7 heteroatoms. The number of nitrogen functional groups attached to an aromatic ring is 1. The summed E-state index contributed by atoms with van der Waals surface area (Å²) in [6.07, 6.45) is 3.09. The van der Waals surface area contributed by atoms with E-state index in [0.717, 1.165) is 65.0 Å². The lowest BCUT2D eigenvalue weighted by atomic mass is 9.98. The minimum atomic E-state index is -0.357. The van der Waals surface area contributed by atoms with Gasteiger partial charge in [-0.3, -0.25) is 0 Å². The molecule has 3 heterocycles. The second kappa shape index (κ2) is 5.89. The van der Waals surface area contributed by atoms with Gasteiger partial charge in [0.25, 0.3) is 0 Å². The van der Waals surface area contributed by atoms with Gasteiger partial charge in [0.2, 0.25) is 0 Å². The maximum atomic E-state index is 14.1.